The van der Waals surface area contributed by atoms with Gasteiger partial charge in [-0.15, -0.1) is 0 Å². The molecule has 0 radical (unpaired) electrons. The number of hydrogen-bond acceptors (Lipinski definition) is 6. The quantitative estimate of drug-likeness (QED) is 0.792. The van der Waals surface area contributed by atoms with Crippen molar-refractivity contribution in [1.29, 1.82) is 0 Å². The highest BCUT2D eigenvalue weighted by atomic mass is 19.1. The van der Waals surface area contributed by atoms with Crippen LogP contribution in [0.4, 0.5) is 10.2 Å². The fourth-order valence-corrected chi connectivity index (χ4v) is 2.51. The van der Waals surface area contributed by atoms with Crippen molar-refractivity contribution in [2.75, 3.05) is 27.1 Å². The third kappa shape index (κ3) is 2.54. The Labute approximate surface area is 138 Å². The molecule has 7 heteroatoms. The van der Waals surface area contributed by atoms with Gasteiger partial charge in [-0.25, -0.2) is 14.4 Å². The van der Waals surface area contributed by atoms with Crippen LogP contribution < -0.4 is 19.9 Å². The smallest absolute Gasteiger partial charge is 0.203 e. The molecule has 24 heavy (non-hydrogen) atoms. The van der Waals surface area contributed by atoms with Gasteiger partial charge in [0.25, 0.3) is 0 Å². The Morgan fingerprint density at radius 3 is 2.21 bits per heavy atom. The average molecular weight is 329 g/mol. The Hall–Kier alpha value is -3.09. The second-order valence-electron chi connectivity index (χ2n) is 4.98. The molecule has 1 heterocycles. The maximum Gasteiger partial charge on any atom is 0.203 e. The van der Waals surface area contributed by atoms with Gasteiger partial charge in [-0.2, -0.15) is 0 Å². The van der Waals surface area contributed by atoms with Crippen LogP contribution in [-0.4, -0.2) is 31.3 Å². The maximum atomic E-state index is 13.9. The molecule has 0 fully saturated rings. The Kier molecular flexibility index (Phi) is 4.07. The van der Waals surface area contributed by atoms with Gasteiger partial charge in [0.2, 0.25) is 5.75 Å². The Bertz CT molecular complexity index is 890. The first-order valence-electron chi connectivity index (χ1n) is 7.11. The lowest BCUT2D eigenvalue weighted by atomic mass is 10.1. The fourth-order valence-electron chi connectivity index (χ4n) is 2.51. The molecule has 3 rings (SSSR count). The molecule has 0 aliphatic rings. The van der Waals surface area contributed by atoms with Crippen LogP contribution in [0.1, 0.15) is 0 Å². The third-order valence-electron chi connectivity index (χ3n) is 3.62. The number of methoxy groups -OCH3 is 3. The van der Waals surface area contributed by atoms with Gasteiger partial charge in [0, 0.05) is 5.56 Å². The van der Waals surface area contributed by atoms with Gasteiger partial charge in [-0.05, 0) is 24.3 Å². The minimum absolute atomic E-state index is 0.0712. The molecule has 2 N–H and O–H groups in total. The number of aromatic nitrogens is 2. The van der Waals surface area contributed by atoms with Gasteiger partial charge in [0.05, 0.1) is 32.2 Å². The average Bonchev–Trinajstić information content (AvgIpc) is 2.60. The van der Waals surface area contributed by atoms with Gasteiger partial charge in [0.1, 0.15) is 11.6 Å². The lowest BCUT2D eigenvalue weighted by Crippen LogP contribution is -2.01. The molecule has 2 aromatic carbocycles. The second kappa shape index (κ2) is 6.19. The molecule has 0 amide bonds. The molecule has 0 bridgehead atoms. The van der Waals surface area contributed by atoms with Crippen LogP contribution in [-0.2, 0) is 0 Å². The lowest BCUT2D eigenvalue weighted by molar-refractivity contribution is 0.324. The van der Waals surface area contributed by atoms with Gasteiger partial charge in [-0.3, -0.25) is 0 Å². The van der Waals surface area contributed by atoms with Crippen LogP contribution in [0.2, 0.25) is 0 Å². The van der Waals surface area contributed by atoms with E-state index in [1.807, 2.05) is 0 Å². The summed E-state index contributed by atoms with van der Waals surface area (Å²) >= 11 is 0. The van der Waals surface area contributed by atoms with Crippen molar-refractivity contribution in [2.45, 2.75) is 0 Å². The van der Waals surface area contributed by atoms with Crippen molar-refractivity contribution >= 4 is 16.7 Å². The number of benzene rings is 2. The number of nitrogen functional groups attached to an aromatic ring is 1. The topological polar surface area (TPSA) is 79.5 Å². The first-order chi connectivity index (χ1) is 11.6. The molecule has 0 saturated carbocycles. The van der Waals surface area contributed by atoms with E-state index in [1.165, 1.54) is 27.4 Å². The summed E-state index contributed by atoms with van der Waals surface area (Å²) in [5, 5.41) is 0.202. The zero-order valence-electron chi connectivity index (χ0n) is 13.5. The van der Waals surface area contributed by atoms with Crippen molar-refractivity contribution in [3.63, 3.8) is 0 Å². The highest BCUT2D eigenvalue weighted by Gasteiger charge is 2.17. The Morgan fingerprint density at radius 1 is 0.958 bits per heavy atom. The summed E-state index contributed by atoms with van der Waals surface area (Å²) in [6.45, 7) is 0. The number of anilines is 1. The maximum absolute atomic E-state index is 13.9. The number of fused-ring (bicyclic) bond motifs is 1. The minimum Gasteiger partial charge on any atom is -0.493 e. The van der Waals surface area contributed by atoms with E-state index in [0.29, 0.717) is 34.2 Å². The molecule has 0 aliphatic heterocycles. The lowest BCUT2D eigenvalue weighted by Gasteiger charge is -2.14. The van der Waals surface area contributed by atoms with Crippen LogP contribution in [0.15, 0.2) is 30.3 Å². The minimum atomic E-state index is -0.457. The van der Waals surface area contributed by atoms with Crippen molar-refractivity contribution in [1.82, 2.24) is 9.97 Å². The van der Waals surface area contributed by atoms with Gasteiger partial charge < -0.3 is 19.9 Å². The van der Waals surface area contributed by atoms with Crippen molar-refractivity contribution in [3.8, 4) is 28.6 Å². The molecule has 124 valence electrons. The Balaban J connectivity index is 2.24. The molecule has 1 aromatic heterocycles. The van der Waals surface area contributed by atoms with E-state index in [1.54, 1.807) is 24.3 Å². The number of halogens is 1. The van der Waals surface area contributed by atoms with E-state index in [0.717, 1.165) is 0 Å². The molecular formula is C17H16FN3O3. The van der Waals surface area contributed by atoms with E-state index in [4.69, 9.17) is 19.9 Å². The van der Waals surface area contributed by atoms with Crippen LogP contribution in [0.3, 0.4) is 0 Å². The van der Waals surface area contributed by atoms with Crippen molar-refractivity contribution in [3.05, 3.63) is 36.1 Å². The van der Waals surface area contributed by atoms with Crippen LogP contribution >= 0.6 is 0 Å². The van der Waals surface area contributed by atoms with Crippen LogP contribution in [0, 0.1) is 5.82 Å². The Morgan fingerprint density at radius 2 is 1.62 bits per heavy atom. The zero-order chi connectivity index (χ0) is 17.3. The predicted molar refractivity (Wildman–Crippen MR) is 89.0 cm³/mol. The second-order valence-corrected chi connectivity index (χ2v) is 4.98. The summed E-state index contributed by atoms with van der Waals surface area (Å²) in [5.41, 5.74) is 6.95. The van der Waals surface area contributed by atoms with E-state index < -0.39 is 5.82 Å². The number of hydrogen-bond donors (Lipinski definition) is 1. The van der Waals surface area contributed by atoms with E-state index in [2.05, 4.69) is 9.97 Å². The summed E-state index contributed by atoms with van der Waals surface area (Å²) in [4.78, 5) is 8.60. The third-order valence-corrected chi connectivity index (χ3v) is 3.62. The largest absolute Gasteiger partial charge is 0.493 e. The molecule has 0 unspecified atom stereocenters. The standard InChI is InChI=1S/C17H16FN3O3/c1-22-12-7-9(8-13(23-2)15(12)24-3)17-20-11-6-4-5-10(18)14(11)16(19)21-17/h4-8H,1-3H3,(H2,19,20,21). The summed E-state index contributed by atoms with van der Waals surface area (Å²) in [7, 11) is 4.56. The van der Waals surface area contributed by atoms with Crippen molar-refractivity contribution < 1.29 is 18.6 Å². The molecule has 0 spiro atoms. The SMILES string of the molecule is COc1cc(-c2nc(N)c3c(F)cccc3n2)cc(OC)c1OC. The van der Waals surface area contributed by atoms with E-state index >= 15 is 0 Å². The normalized spacial score (nSPS) is 10.7. The van der Waals surface area contributed by atoms with Gasteiger partial charge >= 0.3 is 0 Å². The molecule has 0 saturated heterocycles. The number of rotatable bonds is 4. The highest BCUT2D eigenvalue weighted by Crippen LogP contribution is 2.40. The molecule has 0 atom stereocenters. The molecule has 6 nitrogen and oxygen atoms in total. The van der Waals surface area contributed by atoms with Gasteiger partial charge in [-0.1, -0.05) is 6.07 Å². The molecular weight excluding hydrogens is 313 g/mol. The zero-order valence-corrected chi connectivity index (χ0v) is 13.5. The van der Waals surface area contributed by atoms with E-state index in [-0.39, 0.29) is 11.2 Å². The highest BCUT2D eigenvalue weighted by molar-refractivity contribution is 5.90. The van der Waals surface area contributed by atoms with E-state index in [9.17, 15) is 4.39 Å². The van der Waals surface area contributed by atoms with Gasteiger partial charge in [0.15, 0.2) is 17.3 Å². The summed E-state index contributed by atoms with van der Waals surface area (Å²) in [5.74, 6) is 1.35. The number of nitrogens with two attached hydrogens (primary N) is 1. The molecule has 0 aliphatic carbocycles. The molecule has 3 aromatic rings. The fraction of sp³-hybridized carbons (Fsp3) is 0.176. The monoisotopic (exact) mass is 329 g/mol. The van der Waals surface area contributed by atoms with Crippen LogP contribution in [0.25, 0.3) is 22.3 Å². The predicted octanol–water partition coefficient (Wildman–Crippen LogP) is 3.04. The van der Waals surface area contributed by atoms with Crippen LogP contribution in [0.5, 0.6) is 17.2 Å². The summed E-state index contributed by atoms with van der Waals surface area (Å²) in [6.07, 6.45) is 0. The number of nitrogens with zero attached hydrogens (tertiary/aromatic N) is 2. The summed E-state index contributed by atoms with van der Waals surface area (Å²) < 4.78 is 29.8. The first kappa shape index (κ1) is 15.8. The first-order valence-corrected chi connectivity index (χ1v) is 7.11. The summed E-state index contributed by atoms with van der Waals surface area (Å²) in [6, 6.07) is 7.99. The number of ether oxygens (including phenoxy) is 3. The van der Waals surface area contributed by atoms with Crippen molar-refractivity contribution in [2.24, 2.45) is 0 Å².